The van der Waals surface area contributed by atoms with Crippen molar-refractivity contribution in [3.63, 3.8) is 0 Å². The highest BCUT2D eigenvalue weighted by atomic mass is 32.2. The van der Waals surface area contributed by atoms with Gasteiger partial charge in [0.25, 0.3) is 0 Å². The van der Waals surface area contributed by atoms with Gasteiger partial charge in [-0.15, -0.1) is 0 Å². The summed E-state index contributed by atoms with van der Waals surface area (Å²) < 4.78 is 24.7. The van der Waals surface area contributed by atoms with Crippen LogP contribution in [0, 0.1) is 5.92 Å². The molecule has 2 N–H and O–H groups in total. The number of hydrogen-bond acceptors (Lipinski definition) is 4. The predicted octanol–water partition coefficient (Wildman–Crippen LogP) is 0.368. The molecule has 0 bridgehead atoms. The molecule has 1 aliphatic carbocycles. The minimum absolute atomic E-state index is 0.00356. The van der Waals surface area contributed by atoms with Crippen LogP contribution in [0.25, 0.3) is 0 Å². The Balaban J connectivity index is 2.72. The van der Waals surface area contributed by atoms with Crippen LogP contribution in [0.15, 0.2) is 0 Å². The molecular weight excluding hydrogens is 274 g/mol. The van der Waals surface area contributed by atoms with E-state index in [0.717, 1.165) is 32.1 Å². The SMILES string of the molecule is O=C(O)CN(CC(=O)O)S(=O)(=O)CC1CCCCC1. The van der Waals surface area contributed by atoms with Crippen molar-refractivity contribution in [2.75, 3.05) is 18.8 Å². The van der Waals surface area contributed by atoms with Crippen molar-refractivity contribution in [1.29, 1.82) is 0 Å². The van der Waals surface area contributed by atoms with Gasteiger partial charge in [-0.1, -0.05) is 19.3 Å². The van der Waals surface area contributed by atoms with Crippen LogP contribution in [0.5, 0.6) is 0 Å². The smallest absolute Gasteiger partial charge is 0.318 e. The zero-order valence-corrected chi connectivity index (χ0v) is 11.4. The average Bonchev–Trinajstić information content (AvgIpc) is 2.27. The zero-order valence-electron chi connectivity index (χ0n) is 10.6. The van der Waals surface area contributed by atoms with Crippen molar-refractivity contribution in [3.05, 3.63) is 0 Å². The van der Waals surface area contributed by atoms with Crippen LogP contribution in [0.2, 0.25) is 0 Å². The average molecular weight is 293 g/mol. The summed E-state index contributed by atoms with van der Waals surface area (Å²) in [5, 5.41) is 17.3. The van der Waals surface area contributed by atoms with E-state index in [-0.39, 0.29) is 11.7 Å². The molecular formula is C11H19NO6S. The molecule has 1 saturated carbocycles. The zero-order chi connectivity index (χ0) is 14.5. The largest absolute Gasteiger partial charge is 0.480 e. The number of nitrogens with zero attached hydrogens (tertiary/aromatic N) is 1. The molecule has 0 saturated heterocycles. The molecule has 0 unspecified atom stereocenters. The van der Waals surface area contributed by atoms with Crippen LogP contribution < -0.4 is 0 Å². The normalized spacial score (nSPS) is 17.5. The van der Waals surface area contributed by atoms with Gasteiger partial charge in [-0.2, -0.15) is 4.31 Å². The minimum Gasteiger partial charge on any atom is -0.480 e. The fourth-order valence-corrected chi connectivity index (χ4v) is 4.07. The maximum atomic E-state index is 12.1. The summed E-state index contributed by atoms with van der Waals surface area (Å²) in [6.45, 7) is -1.61. The van der Waals surface area contributed by atoms with Gasteiger partial charge in [0.15, 0.2) is 0 Å². The summed E-state index contributed by atoms with van der Waals surface area (Å²) in [6, 6.07) is 0. The van der Waals surface area contributed by atoms with Crippen LogP contribution in [0.4, 0.5) is 0 Å². The number of rotatable bonds is 7. The fraction of sp³-hybridized carbons (Fsp3) is 0.818. The Morgan fingerprint density at radius 1 is 1.00 bits per heavy atom. The van der Waals surface area contributed by atoms with E-state index in [9.17, 15) is 18.0 Å². The van der Waals surface area contributed by atoms with Gasteiger partial charge in [0.2, 0.25) is 10.0 Å². The van der Waals surface area contributed by atoms with Gasteiger partial charge in [0.1, 0.15) is 13.1 Å². The second-order valence-corrected chi connectivity index (χ2v) is 6.85. The number of aliphatic carboxylic acids is 2. The number of carbonyl (C=O) groups is 2. The van der Waals surface area contributed by atoms with Gasteiger partial charge in [0, 0.05) is 0 Å². The molecule has 7 nitrogen and oxygen atoms in total. The minimum atomic E-state index is -3.84. The van der Waals surface area contributed by atoms with Gasteiger partial charge in [-0.25, -0.2) is 8.42 Å². The molecule has 0 amide bonds. The van der Waals surface area contributed by atoms with E-state index in [1.807, 2.05) is 0 Å². The maximum absolute atomic E-state index is 12.1. The molecule has 0 aromatic heterocycles. The van der Waals surface area contributed by atoms with Crippen molar-refractivity contribution in [1.82, 2.24) is 4.31 Å². The molecule has 0 aliphatic heterocycles. The van der Waals surface area contributed by atoms with Crippen LogP contribution >= 0.6 is 0 Å². The lowest BCUT2D eigenvalue weighted by Gasteiger charge is -2.25. The van der Waals surface area contributed by atoms with Crippen molar-refractivity contribution in [3.8, 4) is 0 Å². The molecule has 19 heavy (non-hydrogen) atoms. The van der Waals surface area contributed by atoms with E-state index in [1.54, 1.807) is 0 Å². The highest BCUT2D eigenvalue weighted by Crippen LogP contribution is 2.25. The summed E-state index contributed by atoms with van der Waals surface area (Å²) in [5.74, 6) is -2.86. The van der Waals surface area contributed by atoms with Crippen LogP contribution in [-0.4, -0.2) is 53.7 Å². The Kier molecular flexibility index (Phi) is 5.74. The molecule has 1 fully saturated rings. The summed E-state index contributed by atoms with van der Waals surface area (Å²) >= 11 is 0. The molecule has 0 heterocycles. The van der Waals surface area contributed by atoms with Crippen LogP contribution in [0.3, 0.4) is 0 Å². The van der Waals surface area contributed by atoms with Crippen LogP contribution in [-0.2, 0) is 19.6 Å². The second kappa shape index (κ2) is 6.85. The van der Waals surface area contributed by atoms with Gasteiger partial charge in [-0.05, 0) is 18.8 Å². The molecule has 0 spiro atoms. The molecule has 110 valence electrons. The Morgan fingerprint density at radius 2 is 1.47 bits per heavy atom. The molecule has 1 rings (SSSR count). The van der Waals surface area contributed by atoms with E-state index in [1.165, 1.54) is 0 Å². The van der Waals surface area contributed by atoms with Crippen LogP contribution in [0.1, 0.15) is 32.1 Å². The molecule has 0 aromatic carbocycles. The van der Waals surface area contributed by atoms with E-state index in [2.05, 4.69) is 0 Å². The molecule has 0 aromatic rings. The first kappa shape index (κ1) is 15.9. The third-order valence-corrected chi connectivity index (χ3v) is 5.13. The summed E-state index contributed by atoms with van der Waals surface area (Å²) in [5.41, 5.74) is 0. The lowest BCUT2D eigenvalue weighted by atomic mass is 9.91. The lowest BCUT2D eigenvalue weighted by Crippen LogP contribution is -2.42. The monoisotopic (exact) mass is 293 g/mol. The topological polar surface area (TPSA) is 112 Å². The summed E-state index contributed by atoms with van der Waals surface area (Å²) in [7, 11) is -3.84. The Bertz CT molecular complexity index is 410. The number of sulfonamides is 1. The third kappa shape index (κ3) is 5.56. The predicted molar refractivity (Wildman–Crippen MR) is 67.2 cm³/mol. The third-order valence-electron chi connectivity index (χ3n) is 3.19. The van der Waals surface area contributed by atoms with E-state index in [4.69, 9.17) is 10.2 Å². The molecule has 0 atom stereocenters. The Hall–Kier alpha value is -1.15. The van der Waals surface area contributed by atoms with E-state index in [0.29, 0.717) is 4.31 Å². The van der Waals surface area contributed by atoms with Crippen molar-refractivity contribution in [2.24, 2.45) is 5.92 Å². The molecule has 8 heteroatoms. The first-order valence-corrected chi connectivity index (χ1v) is 7.83. The van der Waals surface area contributed by atoms with Crippen molar-refractivity contribution in [2.45, 2.75) is 32.1 Å². The standard InChI is InChI=1S/C11H19NO6S/c13-10(14)6-12(7-11(15)16)19(17,18)8-9-4-2-1-3-5-9/h9H,1-8H2,(H,13,14)(H,15,16). The van der Waals surface area contributed by atoms with Crippen molar-refractivity contribution >= 4 is 22.0 Å². The summed E-state index contributed by atoms with van der Waals surface area (Å²) in [4.78, 5) is 21.3. The Morgan fingerprint density at radius 3 is 1.89 bits per heavy atom. The summed E-state index contributed by atoms with van der Waals surface area (Å²) in [6.07, 6.45) is 4.63. The highest BCUT2D eigenvalue weighted by molar-refractivity contribution is 7.89. The van der Waals surface area contributed by atoms with Gasteiger partial charge in [-0.3, -0.25) is 9.59 Å². The number of carboxylic acids is 2. The lowest BCUT2D eigenvalue weighted by molar-refractivity contribution is -0.139. The van der Waals surface area contributed by atoms with Gasteiger partial charge < -0.3 is 10.2 Å². The quantitative estimate of drug-likeness (QED) is 0.701. The second-order valence-electron chi connectivity index (χ2n) is 4.84. The maximum Gasteiger partial charge on any atom is 0.318 e. The van der Waals surface area contributed by atoms with Crippen molar-refractivity contribution < 1.29 is 28.2 Å². The number of hydrogen-bond donors (Lipinski definition) is 2. The van der Waals surface area contributed by atoms with Gasteiger partial charge in [0.05, 0.1) is 5.75 Å². The first-order chi connectivity index (χ1) is 8.81. The Labute approximate surface area is 112 Å². The molecule has 1 aliphatic rings. The van der Waals surface area contributed by atoms with Gasteiger partial charge >= 0.3 is 11.9 Å². The van der Waals surface area contributed by atoms with E-state index >= 15 is 0 Å². The molecule has 0 radical (unpaired) electrons. The first-order valence-electron chi connectivity index (χ1n) is 6.22. The fourth-order valence-electron chi connectivity index (χ4n) is 2.31. The highest BCUT2D eigenvalue weighted by Gasteiger charge is 2.30. The van der Waals surface area contributed by atoms with E-state index < -0.39 is 35.1 Å². The number of carboxylic acid groups (broad SMARTS) is 2.